The number of hydrogen-bond acceptors (Lipinski definition) is 1. The number of allylic oxidation sites excluding steroid dienone is 4. The molecule has 0 aliphatic carbocycles. The largest absolute Gasteiger partial charge is 0.398 e. The van der Waals surface area contributed by atoms with Crippen molar-refractivity contribution in [1.82, 2.24) is 0 Å². The summed E-state index contributed by atoms with van der Waals surface area (Å²) < 4.78 is 0. The highest BCUT2D eigenvalue weighted by Crippen LogP contribution is 2.41. The normalized spacial score (nSPS) is 11.8. The van der Waals surface area contributed by atoms with Gasteiger partial charge in [-0.05, 0) is 112 Å². The fourth-order valence-electron chi connectivity index (χ4n) is 7.29. The van der Waals surface area contributed by atoms with Gasteiger partial charge in [0.05, 0.1) is 0 Å². The molecule has 0 amide bonds. The quantitative estimate of drug-likeness (QED) is 0.105. The van der Waals surface area contributed by atoms with Crippen LogP contribution in [0.3, 0.4) is 0 Å². The summed E-state index contributed by atoms with van der Waals surface area (Å²) >= 11 is 0. The molecular formula is C49H37N. The standard InChI is InChI=1S/C49H37N/c1-4-5-13-34-22-23-36(49(50)33(34)3)21-20-32(2)37-24-26-45-46-27-25-38(31-48(46)44-19-12-11-18-43(44)47(45)30-37)40-29-28-39(35-14-7-6-8-15-35)41-16-9-10-17-42(40)41/h4-31H,1-2,50H2,3H3/b13-5-,21-20-. The van der Waals surface area contributed by atoms with E-state index in [1.54, 1.807) is 6.08 Å². The van der Waals surface area contributed by atoms with Crippen LogP contribution in [-0.4, -0.2) is 0 Å². The van der Waals surface area contributed by atoms with Crippen LogP contribution in [0.2, 0.25) is 0 Å². The van der Waals surface area contributed by atoms with Gasteiger partial charge in [0.25, 0.3) is 0 Å². The van der Waals surface area contributed by atoms with Crippen molar-refractivity contribution in [1.29, 1.82) is 0 Å². The number of hydrogen-bond donors (Lipinski definition) is 1. The topological polar surface area (TPSA) is 26.0 Å². The maximum absolute atomic E-state index is 6.53. The summed E-state index contributed by atoms with van der Waals surface area (Å²) in [5.74, 6) is 0. The van der Waals surface area contributed by atoms with Crippen molar-refractivity contribution in [3.63, 3.8) is 0 Å². The zero-order chi connectivity index (χ0) is 34.2. The maximum atomic E-state index is 6.53. The monoisotopic (exact) mass is 639 g/mol. The lowest BCUT2D eigenvalue weighted by molar-refractivity contribution is 1.43. The van der Waals surface area contributed by atoms with Crippen molar-refractivity contribution in [2.24, 2.45) is 0 Å². The van der Waals surface area contributed by atoms with E-state index in [1.165, 1.54) is 65.3 Å². The van der Waals surface area contributed by atoms with Gasteiger partial charge in [-0.2, -0.15) is 0 Å². The summed E-state index contributed by atoms with van der Waals surface area (Å²) in [6.45, 7) is 10.3. The summed E-state index contributed by atoms with van der Waals surface area (Å²) in [6.07, 6.45) is 9.85. The SMILES string of the molecule is C=C/C=C\c1ccc(/C=C\C(=C)c2ccc3c4ccc(-c5ccc(-c6ccccc6)c6ccccc56)cc4c4ccccc4c3c2)c(N)c1C. The fourth-order valence-corrected chi connectivity index (χ4v) is 7.29. The van der Waals surface area contributed by atoms with Crippen LogP contribution in [0.5, 0.6) is 0 Å². The van der Waals surface area contributed by atoms with Gasteiger partial charge in [-0.15, -0.1) is 0 Å². The first-order chi connectivity index (χ1) is 24.5. The van der Waals surface area contributed by atoms with E-state index in [0.717, 1.165) is 33.5 Å². The van der Waals surface area contributed by atoms with Crippen molar-refractivity contribution in [3.05, 3.63) is 193 Å². The Morgan fingerprint density at radius 3 is 1.76 bits per heavy atom. The minimum Gasteiger partial charge on any atom is -0.398 e. The van der Waals surface area contributed by atoms with E-state index in [4.69, 9.17) is 5.73 Å². The molecule has 0 atom stereocenters. The Kier molecular flexibility index (Phi) is 7.95. The molecule has 0 radical (unpaired) electrons. The van der Waals surface area contributed by atoms with Gasteiger partial charge in [0, 0.05) is 5.69 Å². The highest BCUT2D eigenvalue weighted by atomic mass is 14.6. The molecule has 2 N–H and O–H groups in total. The molecule has 8 aromatic carbocycles. The number of nitrogens with two attached hydrogens (primary N) is 1. The van der Waals surface area contributed by atoms with Crippen LogP contribution in [-0.2, 0) is 0 Å². The van der Waals surface area contributed by atoms with Crippen LogP contribution in [0.15, 0.2) is 171 Å². The second kappa shape index (κ2) is 12.9. The van der Waals surface area contributed by atoms with E-state index >= 15 is 0 Å². The van der Waals surface area contributed by atoms with Gasteiger partial charge in [-0.3, -0.25) is 0 Å². The minimum absolute atomic E-state index is 0.774. The molecule has 0 fully saturated rings. The van der Waals surface area contributed by atoms with Crippen molar-refractivity contribution in [2.75, 3.05) is 5.73 Å². The smallest absolute Gasteiger partial charge is 0.0423 e. The van der Waals surface area contributed by atoms with Crippen LogP contribution in [0.4, 0.5) is 5.69 Å². The predicted octanol–water partition coefficient (Wildman–Crippen LogP) is 13.4. The summed E-state index contributed by atoms with van der Waals surface area (Å²) in [6, 6.07) is 50.5. The van der Waals surface area contributed by atoms with Crippen molar-refractivity contribution >= 4 is 66.5 Å². The Bertz CT molecular complexity index is 2670. The molecule has 0 heterocycles. The van der Waals surface area contributed by atoms with E-state index in [1.807, 2.05) is 12.2 Å². The third kappa shape index (κ3) is 5.40. The van der Waals surface area contributed by atoms with E-state index < -0.39 is 0 Å². The Labute approximate surface area is 293 Å². The van der Waals surface area contributed by atoms with Crippen molar-refractivity contribution in [2.45, 2.75) is 6.92 Å². The van der Waals surface area contributed by atoms with Gasteiger partial charge >= 0.3 is 0 Å². The van der Waals surface area contributed by atoms with Crippen LogP contribution >= 0.6 is 0 Å². The number of benzene rings is 8. The van der Waals surface area contributed by atoms with Gasteiger partial charge in [-0.1, -0.05) is 171 Å². The first-order valence-electron chi connectivity index (χ1n) is 17.0. The lowest BCUT2D eigenvalue weighted by Crippen LogP contribution is -1.95. The zero-order valence-corrected chi connectivity index (χ0v) is 28.2. The molecule has 1 heteroatoms. The molecule has 50 heavy (non-hydrogen) atoms. The lowest BCUT2D eigenvalue weighted by atomic mass is 9.88. The van der Waals surface area contributed by atoms with E-state index in [2.05, 4.69) is 172 Å². The number of nitrogen functional groups attached to an aromatic ring is 1. The molecule has 0 bridgehead atoms. The Morgan fingerprint density at radius 1 is 0.520 bits per heavy atom. The molecule has 8 aromatic rings. The van der Waals surface area contributed by atoms with Crippen molar-refractivity contribution < 1.29 is 0 Å². The molecule has 0 spiro atoms. The summed E-state index contributed by atoms with van der Waals surface area (Å²) in [4.78, 5) is 0. The molecular weight excluding hydrogens is 603 g/mol. The number of rotatable bonds is 7. The minimum atomic E-state index is 0.774. The second-order valence-electron chi connectivity index (χ2n) is 12.9. The molecule has 8 rings (SSSR count). The van der Waals surface area contributed by atoms with E-state index in [-0.39, 0.29) is 0 Å². The summed E-state index contributed by atoms with van der Waals surface area (Å²) in [5.41, 5.74) is 17.4. The van der Waals surface area contributed by atoms with Crippen molar-refractivity contribution in [3.8, 4) is 22.3 Å². The third-order valence-electron chi connectivity index (χ3n) is 9.99. The van der Waals surface area contributed by atoms with Gasteiger partial charge in [0.1, 0.15) is 0 Å². The molecule has 0 aromatic heterocycles. The average Bonchev–Trinajstić information content (AvgIpc) is 3.17. The third-order valence-corrected chi connectivity index (χ3v) is 9.99. The Hall–Kier alpha value is -6.44. The van der Waals surface area contributed by atoms with E-state index in [9.17, 15) is 0 Å². The second-order valence-corrected chi connectivity index (χ2v) is 12.9. The fraction of sp³-hybridized carbons (Fsp3) is 0.0204. The van der Waals surface area contributed by atoms with Crippen LogP contribution in [0.25, 0.3) is 83.1 Å². The number of fused-ring (bicyclic) bond motifs is 7. The highest BCUT2D eigenvalue weighted by Gasteiger charge is 2.14. The Balaban J connectivity index is 1.21. The molecule has 0 aliphatic rings. The maximum Gasteiger partial charge on any atom is 0.0423 e. The average molecular weight is 640 g/mol. The van der Waals surface area contributed by atoms with Crippen LogP contribution in [0, 0.1) is 6.92 Å². The Morgan fingerprint density at radius 2 is 1.08 bits per heavy atom. The lowest BCUT2D eigenvalue weighted by Gasteiger charge is -2.15. The van der Waals surface area contributed by atoms with Crippen LogP contribution < -0.4 is 5.73 Å². The summed E-state index contributed by atoms with van der Waals surface area (Å²) in [5, 5.41) is 9.95. The summed E-state index contributed by atoms with van der Waals surface area (Å²) in [7, 11) is 0. The first kappa shape index (κ1) is 30.9. The first-order valence-corrected chi connectivity index (χ1v) is 17.0. The van der Waals surface area contributed by atoms with Gasteiger partial charge < -0.3 is 5.73 Å². The molecule has 0 unspecified atom stereocenters. The molecule has 238 valence electrons. The van der Waals surface area contributed by atoms with Gasteiger partial charge in [-0.25, -0.2) is 0 Å². The molecule has 1 nitrogen and oxygen atoms in total. The van der Waals surface area contributed by atoms with Gasteiger partial charge in [0.2, 0.25) is 0 Å². The van der Waals surface area contributed by atoms with Gasteiger partial charge in [0.15, 0.2) is 0 Å². The predicted molar refractivity (Wildman–Crippen MR) is 220 cm³/mol. The highest BCUT2D eigenvalue weighted by molar-refractivity contribution is 6.26. The molecule has 0 saturated carbocycles. The zero-order valence-electron chi connectivity index (χ0n) is 28.2. The van der Waals surface area contributed by atoms with Crippen LogP contribution in [0.1, 0.15) is 22.3 Å². The number of anilines is 1. The van der Waals surface area contributed by atoms with E-state index in [0.29, 0.717) is 0 Å². The molecule has 0 aliphatic heterocycles. The molecule has 0 saturated heterocycles.